The molecule has 5 rings (SSSR count). The van der Waals surface area contributed by atoms with Gasteiger partial charge in [-0.05, 0) is 6.92 Å². The molecule has 1 aromatic carbocycles. The van der Waals surface area contributed by atoms with Crippen LogP contribution in [0.5, 0.6) is 11.5 Å². The third kappa shape index (κ3) is 4.27. The Morgan fingerprint density at radius 2 is 1.93 bits per heavy atom. The first-order chi connectivity index (χ1) is 18.9. The molecule has 2 fully saturated rings. The SMILES string of the molecule is C=CC1=C(C(=C)OC)C2OC2c2c(O)c3c(c(O)c2C1=O)C[C@@](O)(C(=O)CO)C[C@@H]3O[C@H]1C[C@H](N)[C@@H](O)[C@H](C)O1. The summed E-state index contributed by atoms with van der Waals surface area (Å²) in [6.45, 7) is 8.16. The number of epoxide rings is 1. The van der Waals surface area contributed by atoms with Crippen LogP contribution in [0.1, 0.15) is 59.0 Å². The summed E-state index contributed by atoms with van der Waals surface area (Å²) in [4.78, 5) is 26.4. The number of ketones is 2. The van der Waals surface area contributed by atoms with E-state index < -0.39 is 91.0 Å². The van der Waals surface area contributed by atoms with Gasteiger partial charge in [0.1, 0.15) is 41.7 Å². The van der Waals surface area contributed by atoms with Crippen LogP contribution in [0, 0.1) is 0 Å². The van der Waals surface area contributed by atoms with Crippen LogP contribution in [0.2, 0.25) is 0 Å². The second kappa shape index (κ2) is 10.1. The fourth-order valence-electron chi connectivity index (χ4n) is 6.03. The zero-order valence-electron chi connectivity index (χ0n) is 22.1. The number of aliphatic hydroxyl groups is 3. The molecule has 0 radical (unpaired) electrons. The Morgan fingerprint density at radius 1 is 1.23 bits per heavy atom. The number of aromatic hydroxyl groups is 2. The number of allylic oxidation sites excluding steroid dienone is 2. The summed E-state index contributed by atoms with van der Waals surface area (Å²) < 4.78 is 23.0. The molecule has 12 nitrogen and oxygen atoms in total. The lowest BCUT2D eigenvalue weighted by molar-refractivity contribution is -0.247. The van der Waals surface area contributed by atoms with E-state index in [2.05, 4.69) is 13.2 Å². The minimum Gasteiger partial charge on any atom is -0.507 e. The Kier molecular flexibility index (Phi) is 7.16. The molecule has 7 N–H and O–H groups in total. The highest BCUT2D eigenvalue weighted by molar-refractivity contribution is 6.15. The Labute approximate surface area is 229 Å². The second-order valence-corrected chi connectivity index (χ2v) is 10.6. The van der Waals surface area contributed by atoms with Gasteiger partial charge in [-0.15, -0.1) is 0 Å². The summed E-state index contributed by atoms with van der Waals surface area (Å²) in [5.74, 6) is -2.46. The van der Waals surface area contributed by atoms with E-state index in [0.717, 1.165) is 0 Å². The van der Waals surface area contributed by atoms with Crippen molar-refractivity contribution in [2.75, 3.05) is 13.7 Å². The number of hydrogen-bond acceptors (Lipinski definition) is 12. The van der Waals surface area contributed by atoms with E-state index in [4.69, 9.17) is 24.7 Å². The minimum atomic E-state index is -2.20. The van der Waals surface area contributed by atoms with Crippen molar-refractivity contribution in [3.05, 3.63) is 58.4 Å². The summed E-state index contributed by atoms with van der Waals surface area (Å²) in [7, 11) is 1.38. The second-order valence-electron chi connectivity index (χ2n) is 10.6. The van der Waals surface area contributed by atoms with E-state index in [1.165, 1.54) is 13.2 Å². The lowest BCUT2D eigenvalue weighted by Gasteiger charge is -2.42. The van der Waals surface area contributed by atoms with Crippen LogP contribution >= 0.6 is 0 Å². The van der Waals surface area contributed by atoms with E-state index in [-0.39, 0.29) is 40.0 Å². The van der Waals surface area contributed by atoms with Crippen LogP contribution in [0.25, 0.3) is 0 Å². The van der Waals surface area contributed by atoms with Gasteiger partial charge in [-0.1, -0.05) is 19.2 Å². The van der Waals surface area contributed by atoms with Crippen LogP contribution in [0.15, 0.2) is 36.1 Å². The molecular weight excluding hydrogens is 526 g/mol. The Balaban J connectivity index is 1.67. The Bertz CT molecular complexity index is 1320. The van der Waals surface area contributed by atoms with Crippen molar-refractivity contribution in [3.63, 3.8) is 0 Å². The molecule has 0 amide bonds. The summed E-state index contributed by atoms with van der Waals surface area (Å²) in [6.07, 6.45) is -5.02. The monoisotopic (exact) mass is 559 g/mol. The van der Waals surface area contributed by atoms with E-state index >= 15 is 0 Å². The van der Waals surface area contributed by atoms with Crippen LogP contribution in [-0.4, -0.2) is 87.1 Å². The van der Waals surface area contributed by atoms with Crippen molar-refractivity contribution >= 4 is 11.6 Å². The third-order valence-electron chi connectivity index (χ3n) is 8.24. The van der Waals surface area contributed by atoms with Gasteiger partial charge in [0.15, 0.2) is 17.9 Å². The smallest absolute Gasteiger partial charge is 0.197 e. The van der Waals surface area contributed by atoms with Gasteiger partial charge in [0.2, 0.25) is 0 Å². The number of ether oxygens (including phenoxy) is 4. The fourth-order valence-corrected chi connectivity index (χ4v) is 6.03. The van der Waals surface area contributed by atoms with Gasteiger partial charge < -0.3 is 50.2 Å². The number of carbonyl (C=O) groups excluding carboxylic acids is 2. The Hall–Kier alpha value is -3.10. The molecule has 0 bridgehead atoms. The van der Waals surface area contributed by atoms with Gasteiger partial charge in [0, 0.05) is 53.1 Å². The molecule has 2 unspecified atom stereocenters. The number of fused-ring (bicyclic) bond motifs is 4. The fraction of sp³-hybridized carbons (Fsp3) is 0.500. The van der Waals surface area contributed by atoms with E-state index in [9.17, 15) is 35.1 Å². The van der Waals surface area contributed by atoms with Crippen LogP contribution in [-0.2, 0) is 30.2 Å². The quantitative estimate of drug-likeness (QED) is 0.154. The lowest BCUT2D eigenvalue weighted by Crippen LogP contribution is -2.53. The number of benzene rings is 1. The van der Waals surface area contributed by atoms with E-state index in [0.29, 0.717) is 5.57 Å². The largest absolute Gasteiger partial charge is 0.507 e. The first-order valence-corrected chi connectivity index (χ1v) is 12.9. The first kappa shape index (κ1) is 28.4. The summed E-state index contributed by atoms with van der Waals surface area (Å²) in [5.41, 5.74) is 3.88. The predicted molar refractivity (Wildman–Crippen MR) is 137 cm³/mol. The molecule has 0 spiro atoms. The number of phenols is 2. The van der Waals surface area contributed by atoms with Gasteiger partial charge in [0.05, 0.1) is 31.0 Å². The zero-order valence-corrected chi connectivity index (χ0v) is 22.1. The number of phenolic OH excluding ortho intramolecular Hbond substituents is 2. The molecule has 0 saturated carbocycles. The minimum absolute atomic E-state index is 0.0158. The summed E-state index contributed by atoms with van der Waals surface area (Å²) in [5, 5.41) is 54.3. The topological polar surface area (TPSA) is 202 Å². The molecule has 1 aromatic rings. The number of nitrogens with two attached hydrogens (primary N) is 1. The van der Waals surface area contributed by atoms with Gasteiger partial charge in [-0.25, -0.2) is 0 Å². The molecule has 12 heteroatoms. The van der Waals surface area contributed by atoms with Crippen LogP contribution in [0.3, 0.4) is 0 Å². The summed E-state index contributed by atoms with van der Waals surface area (Å²) in [6, 6.07) is -0.697. The molecule has 8 atom stereocenters. The average Bonchev–Trinajstić information content (AvgIpc) is 3.70. The number of Topliss-reactive ketones (excluding diaryl/α,β-unsaturated/α-hetero) is 2. The standard InChI is InChI=1S/C28H33NO11/c1-5-12-18(10(2)37-4)26-27(40-26)21-20(23(12)33)24(34)13-7-28(36,16(31)9-30)8-15(19(13)25(21)35)39-17-6-14(29)22(32)11(3)38-17/h5,11,14-15,17,22,26-27,30,32,34-36H,1-2,6-9,29H2,3-4H3/t11-,14-,15-,17-,22-,26?,27?,28-/m0/s1. The van der Waals surface area contributed by atoms with Gasteiger partial charge >= 0.3 is 0 Å². The van der Waals surface area contributed by atoms with Crippen molar-refractivity contribution in [2.24, 2.45) is 5.73 Å². The molecule has 216 valence electrons. The number of methoxy groups -OCH3 is 1. The predicted octanol–water partition coefficient (Wildman–Crippen LogP) is 0.496. The normalized spacial score (nSPS) is 34.8. The molecule has 2 saturated heterocycles. The first-order valence-electron chi connectivity index (χ1n) is 12.9. The molecule has 0 aromatic heterocycles. The molecule has 40 heavy (non-hydrogen) atoms. The maximum Gasteiger partial charge on any atom is 0.197 e. The molecule has 2 aliphatic carbocycles. The van der Waals surface area contributed by atoms with Crippen molar-refractivity contribution in [1.29, 1.82) is 0 Å². The van der Waals surface area contributed by atoms with Crippen molar-refractivity contribution in [2.45, 2.75) is 74.6 Å². The number of rotatable bonds is 7. The van der Waals surface area contributed by atoms with Gasteiger partial charge in [-0.2, -0.15) is 0 Å². The number of carbonyl (C=O) groups is 2. The maximum atomic E-state index is 13.8. The van der Waals surface area contributed by atoms with Crippen molar-refractivity contribution < 1.29 is 54.1 Å². The molecular formula is C28H33NO11. The number of hydrogen-bond donors (Lipinski definition) is 6. The zero-order chi connectivity index (χ0) is 29.3. The molecule has 2 heterocycles. The highest BCUT2D eigenvalue weighted by Crippen LogP contribution is 2.58. The van der Waals surface area contributed by atoms with Gasteiger partial charge in [0.25, 0.3) is 0 Å². The maximum absolute atomic E-state index is 13.8. The lowest BCUT2D eigenvalue weighted by atomic mass is 9.73. The van der Waals surface area contributed by atoms with E-state index in [1.54, 1.807) is 6.92 Å². The molecule has 2 aliphatic heterocycles. The van der Waals surface area contributed by atoms with Crippen LogP contribution in [0.4, 0.5) is 0 Å². The highest BCUT2D eigenvalue weighted by atomic mass is 16.7. The van der Waals surface area contributed by atoms with Gasteiger partial charge in [-0.3, -0.25) is 9.59 Å². The number of aliphatic hydroxyl groups excluding tert-OH is 2. The van der Waals surface area contributed by atoms with Crippen LogP contribution < -0.4 is 5.73 Å². The molecule has 4 aliphatic rings. The van der Waals surface area contributed by atoms with E-state index in [1.807, 2.05) is 0 Å². The highest BCUT2D eigenvalue weighted by Gasteiger charge is 2.55. The average molecular weight is 560 g/mol. The van der Waals surface area contributed by atoms with Crippen molar-refractivity contribution in [1.82, 2.24) is 0 Å². The summed E-state index contributed by atoms with van der Waals surface area (Å²) >= 11 is 0. The van der Waals surface area contributed by atoms with Crippen molar-refractivity contribution in [3.8, 4) is 11.5 Å². The Morgan fingerprint density at radius 3 is 2.52 bits per heavy atom. The third-order valence-corrected chi connectivity index (χ3v) is 8.24.